The Bertz CT molecular complexity index is 585. The fraction of sp³-hybridized carbons (Fsp3) is 0.312. The largest absolute Gasteiger partial charge is 0.494 e. The lowest BCUT2D eigenvalue weighted by atomic mass is 10.3. The molecule has 0 saturated carbocycles. The van der Waals surface area contributed by atoms with Crippen LogP contribution in [0.15, 0.2) is 40.8 Å². The van der Waals surface area contributed by atoms with Gasteiger partial charge in [0.2, 0.25) is 5.76 Å². The second kappa shape index (κ2) is 6.83. The van der Waals surface area contributed by atoms with E-state index in [1.54, 1.807) is 12.1 Å². The molecule has 1 unspecified atom stereocenters. The Hall–Kier alpha value is -2.43. The molecule has 0 N–H and O–H groups in total. The number of ether oxygens (including phenoxy) is 3. The van der Waals surface area contributed by atoms with E-state index in [0.29, 0.717) is 18.1 Å². The van der Waals surface area contributed by atoms with E-state index in [9.17, 15) is 4.79 Å². The standard InChI is InChI=1S/C16H18O5/c1-4-19-12-5-7-13(8-6-12)20-11(2)14-9-10-15(21-14)16(17)18-3/h5-11H,4H2,1-3H3. The van der Waals surface area contributed by atoms with E-state index in [4.69, 9.17) is 13.9 Å². The number of hydrogen-bond acceptors (Lipinski definition) is 5. The summed E-state index contributed by atoms with van der Waals surface area (Å²) in [4.78, 5) is 11.3. The smallest absolute Gasteiger partial charge is 0.373 e. The average molecular weight is 290 g/mol. The van der Waals surface area contributed by atoms with Gasteiger partial charge in [0, 0.05) is 0 Å². The molecule has 2 rings (SSSR count). The van der Waals surface area contributed by atoms with Gasteiger partial charge in [-0.25, -0.2) is 4.79 Å². The first-order chi connectivity index (χ1) is 10.1. The first-order valence-corrected chi connectivity index (χ1v) is 6.71. The van der Waals surface area contributed by atoms with Gasteiger partial charge in [-0.1, -0.05) is 0 Å². The highest BCUT2D eigenvalue weighted by atomic mass is 16.5. The number of carbonyl (C=O) groups is 1. The van der Waals surface area contributed by atoms with Crippen molar-refractivity contribution in [1.82, 2.24) is 0 Å². The number of esters is 1. The number of benzene rings is 1. The molecule has 0 fully saturated rings. The van der Waals surface area contributed by atoms with Crippen molar-refractivity contribution in [2.24, 2.45) is 0 Å². The second-order valence-corrected chi connectivity index (χ2v) is 4.36. The van der Waals surface area contributed by atoms with Crippen LogP contribution in [0.3, 0.4) is 0 Å². The van der Waals surface area contributed by atoms with Crippen LogP contribution in [-0.4, -0.2) is 19.7 Å². The van der Waals surface area contributed by atoms with Gasteiger partial charge in [-0.15, -0.1) is 0 Å². The van der Waals surface area contributed by atoms with Crippen molar-refractivity contribution >= 4 is 5.97 Å². The molecule has 0 spiro atoms. The van der Waals surface area contributed by atoms with E-state index in [-0.39, 0.29) is 11.9 Å². The zero-order valence-corrected chi connectivity index (χ0v) is 12.3. The Labute approximate surface area is 123 Å². The second-order valence-electron chi connectivity index (χ2n) is 4.36. The first-order valence-electron chi connectivity index (χ1n) is 6.71. The topological polar surface area (TPSA) is 57.9 Å². The van der Waals surface area contributed by atoms with Crippen LogP contribution in [0.5, 0.6) is 11.5 Å². The number of carbonyl (C=O) groups excluding carboxylic acids is 1. The molecule has 0 saturated heterocycles. The molecule has 0 bridgehead atoms. The highest BCUT2D eigenvalue weighted by Gasteiger charge is 2.16. The van der Waals surface area contributed by atoms with Crippen molar-refractivity contribution in [1.29, 1.82) is 0 Å². The van der Waals surface area contributed by atoms with Gasteiger partial charge < -0.3 is 18.6 Å². The van der Waals surface area contributed by atoms with Crippen LogP contribution in [0.25, 0.3) is 0 Å². The van der Waals surface area contributed by atoms with Gasteiger partial charge in [0.1, 0.15) is 17.3 Å². The summed E-state index contributed by atoms with van der Waals surface area (Å²) in [5.41, 5.74) is 0. The zero-order valence-electron chi connectivity index (χ0n) is 12.3. The Morgan fingerprint density at radius 3 is 2.43 bits per heavy atom. The third-order valence-electron chi connectivity index (χ3n) is 2.86. The van der Waals surface area contributed by atoms with Crippen LogP contribution in [0.1, 0.15) is 36.3 Å². The van der Waals surface area contributed by atoms with E-state index in [1.807, 2.05) is 38.1 Å². The highest BCUT2D eigenvalue weighted by Crippen LogP contribution is 2.25. The maximum atomic E-state index is 11.3. The molecule has 0 aliphatic carbocycles. The van der Waals surface area contributed by atoms with Crippen molar-refractivity contribution in [3.05, 3.63) is 47.9 Å². The molecule has 112 valence electrons. The molecular weight excluding hydrogens is 272 g/mol. The number of methoxy groups -OCH3 is 1. The normalized spacial score (nSPS) is 11.8. The van der Waals surface area contributed by atoms with Crippen LogP contribution in [0, 0.1) is 0 Å². The third-order valence-corrected chi connectivity index (χ3v) is 2.86. The monoisotopic (exact) mass is 290 g/mol. The Kier molecular flexibility index (Phi) is 4.87. The summed E-state index contributed by atoms with van der Waals surface area (Å²) in [6.45, 7) is 4.40. The third kappa shape index (κ3) is 3.78. The van der Waals surface area contributed by atoms with Gasteiger partial charge in [0.15, 0.2) is 6.10 Å². The van der Waals surface area contributed by atoms with Gasteiger partial charge >= 0.3 is 5.97 Å². The van der Waals surface area contributed by atoms with Crippen LogP contribution in [0.2, 0.25) is 0 Å². The minimum absolute atomic E-state index is 0.162. The van der Waals surface area contributed by atoms with Crippen LogP contribution in [-0.2, 0) is 4.74 Å². The SMILES string of the molecule is CCOc1ccc(OC(C)c2ccc(C(=O)OC)o2)cc1. The molecule has 1 heterocycles. The lowest BCUT2D eigenvalue weighted by Crippen LogP contribution is -2.02. The van der Waals surface area contributed by atoms with Crippen LogP contribution >= 0.6 is 0 Å². The van der Waals surface area contributed by atoms with Crippen molar-refractivity contribution in [2.45, 2.75) is 20.0 Å². The molecule has 0 aliphatic rings. The maximum Gasteiger partial charge on any atom is 0.373 e. The van der Waals surface area contributed by atoms with Crippen molar-refractivity contribution in [2.75, 3.05) is 13.7 Å². The lowest BCUT2D eigenvalue weighted by Gasteiger charge is -2.13. The quantitative estimate of drug-likeness (QED) is 0.761. The molecule has 1 aromatic carbocycles. The number of furan rings is 1. The van der Waals surface area contributed by atoms with Crippen molar-refractivity contribution < 1.29 is 23.4 Å². The van der Waals surface area contributed by atoms with Gasteiger partial charge in [0.25, 0.3) is 0 Å². The van der Waals surface area contributed by atoms with Gasteiger partial charge in [0.05, 0.1) is 13.7 Å². The molecule has 5 nitrogen and oxygen atoms in total. The molecule has 5 heteroatoms. The molecule has 1 aromatic heterocycles. The first kappa shape index (κ1) is 15.0. The minimum atomic E-state index is -0.505. The van der Waals surface area contributed by atoms with Gasteiger partial charge in [-0.05, 0) is 50.2 Å². The lowest BCUT2D eigenvalue weighted by molar-refractivity contribution is 0.0558. The fourth-order valence-electron chi connectivity index (χ4n) is 1.82. The molecule has 2 aromatic rings. The van der Waals surface area contributed by atoms with Crippen LogP contribution < -0.4 is 9.47 Å². The molecule has 0 aliphatic heterocycles. The fourth-order valence-corrected chi connectivity index (χ4v) is 1.82. The summed E-state index contributed by atoms with van der Waals surface area (Å²) in [6.07, 6.45) is -0.318. The maximum absolute atomic E-state index is 11.3. The van der Waals surface area contributed by atoms with Crippen LogP contribution in [0.4, 0.5) is 0 Å². The van der Waals surface area contributed by atoms with E-state index >= 15 is 0 Å². The molecule has 0 radical (unpaired) electrons. The molecule has 21 heavy (non-hydrogen) atoms. The van der Waals surface area contributed by atoms with Crippen molar-refractivity contribution in [3.8, 4) is 11.5 Å². The zero-order chi connectivity index (χ0) is 15.2. The predicted molar refractivity (Wildman–Crippen MR) is 76.7 cm³/mol. The van der Waals surface area contributed by atoms with E-state index in [1.165, 1.54) is 7.11 Å². The van der Waals surface area contributed by atoms with E-state index in [0.717, 1.165) is 5.75 Å². The summed E-state index contributed by atoms with van der Waals surface area (Å²) in [7, 11) is 1.31. The summed E-state index contributed by atoms with van der Waals surface area (Å²) in [6, 6.07) is 10.6. The summed E-state index contributed by atoms with van der Waals surface area (Å²) >= 11 is 0. The van der Waals surface area contributed by atoms with Gasteiger partial charge in [-0.2, -0.15) is 0 Å². The number of hydrogen-bond donors (Lipinski definition) is 0. The Balaban J connectivity index is 2.01. The average Bonchev–Trinajstić information content (AvgIpc) is 2.99. The van der Waals surface area contributed by atoms with Gasteiger partial charge in [-0.3, -0.25) is 0 Å². The minimum Gasteiger partial charge on any atom is -0.494 e. The van der Waals surface area contributed by atoms with E-state index in [2.05, 4.69) is 4.74 Å². The number of rotatable bonds is 6. The van der Waals surface area contributed by atoms with E-state index < -0.39 is 5.97 Å². The molecular formula is C16H18O5. The Morgan fingerprint density at radius 2 is 1.81 bits per heavy atom. The highest BCUT2D eigenvalue weighted by molar-refractivity contribution is 5.86. The summed E-state index contributed by atoms with van der Waals surface area (Å²) in [5.74, 6) is 1.71. The molecule has 0 amide bonds. The molecule has 1 atom stereocenters. The Morgan fingerprint density at radius 1 is 1.14 bits per heavy atom. The summed E-state index contributed by atoms with van der Waals surface area (Å²) < 4.78 is 21.1. The predicted octanol–water partition coefficient (Wildman–Crippen LogP) is 3.60. The van der Waals surface area contributed by atoms with Crippen molar-refractivity contribution in [3.63, 3.8) is 0 Å². The summed E-state index contributed by atoms with van der Waals surface area (Å²) in [5, 5.41) is 0.